The molecule has 24 heavy (non-hydrogen) atoms. The zero-order chi connectivity index (χ0) is 16.5. The number of carbonyl (C=O) groups excluding carboxylic acids is 1. The van der Waals surface area contributed by atoms with E-state index >= 15 is 0 Å². The number of pyridine rings is 1. The zero-order valence-corrected chi connectivity index (χ0v) is 14.3. The van der Waals surface area contributed by atoms with E-state index < -0.39 is 0 Å². The quantitative estimate of drug-likeness (QED) is 0.869. The highest BCUT2D eigenvalue weighted by molar-refractivity contribution is 5.83. The van der Waals surface area contributed by atoms with Crippen LogP contribution in [0.2, 0.25) is 0 Å². The number of nitrogens with one attached hydrogen (secondary N) is 2. The third-order valence-electron chi connectivity index (χ3n) is 5.74. The van der Waals surface area contributed by atoms with Crippen LogP contribution >= 0.6 is 0 Å². The van der Waals surface area contributed by atoms with Gasteiger partial charge in [-0.05, 0) is 44.9 Å². The molecule has 3 aliphatic heterocycles. The van der Waals surface area contributed by atoms with Gasteiger partial charge >= 0.3 is 0 Å². The van der Waals surface area contributed by atoms with E-state index in [0.717, 1.165) is 25.2 Å². The molecule has 0 aliphatic carbocycles. The van der Waals surface area contributed by atoms with Crippen molar-refractivity contribution < 1.29 is 4.79 Å². The van der Waals surface area contributed by atoms with Gasteiger partial charge in [0.25, 0.3) is 0 Å². The molecule has 3 atom stereocenters. The van der Waals surface area contributed by atoms with Gasteiger partial charge < -0.3 is 4.90 Å². The Labute approximate surface area is 143 Å². The average molecular weight is 329 g/mol. The van der Waals surface area contributed by atoms with E-state index in [1.807, 2.05) is 23.1 Å². The number of piperidine rings is 1. The summed E-state index contributed by atoms with van der Waals surface area (Å²) < 4.78 is 0. The number of hydrogen-bond acceptors (Lipinski definition) is 5. The Morgan fingerprint density at radius 3 is 2.88 bits per heavy atom. The summed E-state index contributed by atoms with van der Waals surface area (Å²) in [7, 11) is 0. The number of nitrogens with zero attached hydrogens (tertiary/aromatic N) is 3. The highest BCUT2D eigenvalue weighted by Crippen LogP contribution is 2.27. The fraction of sp³-hybridized carbons (Fsp3) is 0.667. The van der Waals surface area contributed by atoms with Gasteiger partial charge in [0.05, 0.1) is 11.7 Å². The molecule has 0 bridgehead atoms. The molecule has 4 rings (SSSR count). The first-order valence-corrected chi connectivity index (χ1v) is 9.19. The van der Waals surface area contributed by atoms with E-state index in [2.05, 4.69) is 27.7 Å². The molecule has 130 valence electrons. The zero-order valence-electron chi connectivity index (χ0n) is 14.3. The Hall–Kier alpha value is -1.50. The maximum absolute atomic E-state index is 12.7. The van der Waals surface area contributed by atoms with E-state index in [1.165, 1.54) is 25.8 Å². The van der Waals surface area contributed by atoms with Crippen molar-refractivity contribution in [3.63, 3.8) is 0 Å². The van der Waals surface area contributed by atoms with Crippen molar-refractivity contribution in [1.29, 1.82) is 0 Å². The standard InChI is InChI=1S/C18H27N5O/c1-13-6-3-5-9-23(13)14-11-22(12-14)18(24)17-10-16(20-21-17)15-7-2-4-8-19-15/h2,4,7-8,13-14,16-17,20-21H,3,5-6,9-12H2,1H3. The van der Waals surface area contributed by atoms with Crippen molar-refractivity contribution in [3.05, 3.63) is 30.1 Å². The summed E-state index contributed by atoms with van der Waals surface area (Å²) in [6, 6.07) is 7.10. The number of hydrazine groups is 1. The second-order valence-corrected chi connectivity index (χ2v) is 7.36. The maximum Gasteiger partial charge on any atom is 0.241 e. The lowest BCUT2D eigenvalue weighted by molar-refractivity contribution is -0.141. The van der Waals surface area contributed by atoms with Crippen molar-refractivity contribution in [1.82, 2.24) is 25.6 Å². The van der Waals surface area contributed by atoms with Gasteiger partial charge in [-0.3, -0.25) is 14.7 Å². The summed E-state index contributed by atoms with van der Waals surface area (Å²) in [5.41, 5.74) is 7.37. The molecule has 0 aromatic carbocycles. The Morgan fingerprint density at radius 1 is 1.25 bits per heavy atom. The molecule has 2 N–H and O–H groups in total. The number of rotatable bonds is 3. The summed E-state index contributed by atoms with van der Waals surface area (Å²) in [5.74, 6) is 0.224. The molecule has 4 heterocycles. The van der Waals surface area contributed by atoms with Crippen LogP contribution in [0, 0.1) is 0 Å². The molecular weight excluding hydrogens is 302 g/mol. The fourth-order valence-electron chi connectivity index (χ4n) is 4.22. The smallest absolute Gasteiger partial charge is 0.241 e. The lowest BCUT2D eigenvalue weighted by atomic mass is 9.96. The van der Waals surface area contributed by atoms with Crippen LogP contribution in [-0.2, 0) is 4.79 Å². The lowest BCUT2D eigenvalue weighted by Crippen LogP contribution is -2.65. The van der Waals surface area contributed by atoms with E-state index in [-0.39, 0.29) is 18.0 Å². The first-order valence-electron chi connectivity index (χ1n) is 9.19. The monoisotopic (exact) mass is 329 g/mol. The molecule has 1 amide bonds. The third kappa shape index (κ3) is 3.06. The van der Waals surface area contributed by atoms with Crippen LogP contribution in [0.5, 0.6) is 0 Å². The van der Waals surface area contributed by atoms with Crippen LogP contribution in [0.4, 0.5) is 0 Å². The number of amides is 1. The highest BCUT2D eigenvalue weighted by atomic mass is 16.2. The molecule has 1 aromatic rings. The van der Waals surface area contributed by atoms with E-state index in [9.17, 15) is 4.79 Å². The second-order valence-electron chi connectivity index (χ2n) is 7.36. The predicted octanol–water partition coefficient (Wildman–Crippen LogP) is 1.07. The summed E-state index contributed by atoms with van der Waals surface area (Å²) in [6.07, 6.45) is 6.50. The third-order valence-corrected chi connectivity index (χ3v) is 5.74. The van der Waals surface area contributed by atoms with Crippen molar-refractivity contribution in [2.45, 2.75) is 56.8 Å². The van der Waals surface area contributed by atoms with Crippen LogP contribution in [-0.4, -0.2) is 58.5 Å². The molecule has 6 nitrogen and oxygen atoms in total. The molecule has 3 saturated heterocycles. The SMILES string of the molecule is CC1CCCCN1C1CN(C(=O)C2CC(c3ccccn3)NN2)C1. The van der Waals surface area contributed by atoms with Gasteiger partial charge in [-0.25, -0.2) is 10.9 Å². The summed E-state index contributed by atoms with van der Waals surface area (Å²) >= 11 is 0. The molecule has 3 fully saturated rings. The fourth-order valence-corrected chi connectivity index (χ4v) is 4.22. The van der Waals surface area contributed by atoms with Crippen LogP contribution < -0.4 is 10.9 Å². The van der Waals surface area contributed by atoms with Crippen molar-refractivity contribution in [2.75, 3.05) is 19.6 Å². The Bertz CT molecular complexity index is 574. The minimum atomic E-state index is -0.142. The minimum absolute atomic E-state index is 0.111. The first-order chi connectivity index (χ1) is 11.7. The largest absolute Gasteiger partial charge is 0.338 e. The molecule has 1 aromatic heterocycles. The van der Waals surface area contributed by atoms with E-state index in [1.54, 1.807) is 6.20 Å². The Morgan fingerprint density at radius 2 is 2.12 bits per heavy atom. The number of carbonyl (C=O) groups is 1. The van der Waals surface area contributed by atoms with Crippen molar-refractivity contribution in [2.24, 2.45) is 0 Å². The Balaban J connectivity index is 1.29. The molecule has 0 saturated carbocycles. The number of aromatic nitrogens is 1. The topological polar surface area (TPSA) is 60.5 Å². The summed E-state index contributed by atoms with van der Waals surface area (Å²) in [6.45, 7) is 5.29. The van der Waals surface area contributed by atoms with Gasteiger partial charge in [0, 0.05) is 31.4 Å². The van der Waals surface area contributed by atoms with Gasteiger partial charge in [0.2, 0.25) is 5.91 Å². The summed E-state index contributed by atoms with van der Waals surface area (Å²) in [5, 5.41) is 0. The van der Waals surface area contributed by atoms with Gasteiger partial charge in [-0.2, -0.15) is 0 Å². The van der Waals surface area contributed by atoms with Gasteiger partial charge in [-0.15, -0.1) is 0 Å². The molecule has 6 heteroatoms. The lowest BCUT2D eigenvalue weighted by Gasteiger charge is -2.49. The van der Waals surface area contributed by atoms with Crippen LogP contribution in [0.3, 0.4) is 0 Å². The average Bonchev–Trinajstić information content (AvgIpc) is 3.06. The van der Waals surface area contributed by atoms with Gasteiger partial charge in [0.1, 0.15) is 6.04 Å². The van der Waals surface area contributed by atoms with Crippen LogP contribution in [0.25, 0.3) is 0 Å². The van der Waals surface area contributed by atoms with E-state index in [0.29, 0.717) is 12.1 Å². The van der Waals surface area contributed by atoms with Gasteiger partial charge in [-0.1, -0.05) is 12.5 Å². The minimum Gasteiger partial charge on any atom is -0.338 e. The number of hydrogen-bond donors (Lipinski definition) is 2. The molecule has 3 aliphatic rings. The van der Waals surface area contributed by atoms with E-state index in [4.69, 9.17) is 0 Å². The van der Waals surface area contributed by atoms with Crippen LogP contribution in [0.1, 0.15) is 44.3 Å². The molecule has 3 unspecified atom stereocenters. The van der Waals surface area contributed by atoms with Gasteiger partial charge in [0.15, 0.2) is 0 Å². The first kappa shape index (κ1) is 16.0. The highest BCUT2D eigenvalue weighted by Gasteiger charge is 2.41. The molecular formula is C18H27N5O. The van der Waals surface area contributed by atoms with Crippen LogP contribution in [0.15, 0.2) is 24.4 Å². The maximum atomic E-state index is 12.7. The normalized spacial score (nSPS) is 31.9. The molecule has 0 radical (unpaired) electrons. The predicted molar refractivity (Wildman–Crippen MR) is 92.0 cm³/mol. The Kier molecular flexibility index (Phi) is 4.52. The second kappa shape index (κ2) is 6.78. The summed E-state index contributed by atoms with van der Waals surface area (Å²) in [4.78, 5) is 21.7. The van der Waals surface area contributed by atoms with Crippen molar-refractivity contribution >= 4 is 5.91 Å². The van der Waals surface area contributed by atoms with Crippen molar-refractivity contribution in [3.8, 4) is 0 Å². The number of likely N-dealkylation sites (tertiary alicyclic amines) is 2. The molecule has 0 spiro atoms.